The summed E-state index contributed by atoms with van der Waals surface area (Å²) < 4.78 is 6.12. The number of rotatable bonds is 3. The Bertz CT molecular complexity index is 577. The molecule has 1 saturated heterocycles. The van der Waals surface area contributed by atoms with Gasteiger partial charge in [-0.2, -0.15) is 0 Å². The smallest absolute Gasteiger partial charge is 0.0857 e. The number of aliphatic hydroxyl groups excluding tert-OH is 1. The fourth-order valence-electron chi connectivity index (χ4n) is 2.72. The molecular weight excluding hydrogens is 260 g/mol. The molecule has 1 heterocycles. The van der Waals surface area contributed by atoms with Crippen molar-refractivity contribution in [3.8, 4) is 0 Å². The Morgan fingerprint density at radius 1 is 0.905 bits per heavy atom. The van der Waals surface area contributed by atoms with Crippen LogP contribution >= 0.6 is 0 Å². The fourth-order valence-corrected chi connectivity index (χ4v) is 2.72. The third kappa shape index (κ3) is 3.81. The van der Waals surface area contributed by atoms with Crippen molar-refractivity contribution in [1.82, 2.24) is 0 Å². The second-order valence-corrected chi connectivity index (χ2v) is 5.47. The Morgan fingerprint density at radius 3 is 2.29 bits per heavy atom. The first-order valence-electron chi connectivity index (χ1n) is 7.43. The molecule has 2 heteroatoms. The molecule has 0 spiro atoms. The minimum atomic E-state index is -0.311. The van der Waals surface area contributed by atoms with Crippen molar-refractivity contribution in [2.75, 3.05) is 0 Å². The second kappa shape index (κ2) is 6.70. The molecule has 3 rings (SSSR count). The minimum Gasteiger partial charge on any atom is -0.393 e. The third-order valence-corrected chi connectivity index (χ3v) is 3.80. The van der Waals surface area contributed by atoms with Crippen LogP contribution in [0.4, 0.5) is 0 Å². The van der Waals surface area contributed by atoms with E-state index >= 15 is 0 Å². The third-order valence-electron chi connectivity index (χ3n) is 3.80. The van der Waals surface area contributed by atoms with Crippen LogP contribution in [0.25, 0.3) is 6.08 Å². The van der Waals surface area contributed by atoms with Crippen LogP contribution in [0.1, 0.15) is 30.1 Å². The van der Waals surface area contributed by atoms with Gasteiger partial charge in [0, 0.05) is 12.8 Å². The molecule has 2 aromatic rings. The summed E-state index contributed by atoms with van der Waals surface area (Å²) in [4.78, 5) is 0. The van der Waals surface area contributed by atoms with Gasteiger partial charge in [-0.25, -0.2) is 0 Å². The van der Waals surface area contributed by atoms with Crippen LogP contribution in [-0.4, -0.2) is 17.3 Å². The number of ether oxygens (including phenoxy) is 1. The number of benzene rings is 2. The maximum Gasteiger partial charge on any atom is 0.0857 e. The Morgan fingerprint density at radius 2 is 1.57 bits per heavy atom. The summed E-state index contributed by atoms with van der Waals surface area (Å²) in [5.41, 5.74) is 2.28. The summed E-state index contributed by atoms with van der Waals surface area (Å²) in [5.74, 6) is 0. The molecule has 0 bridgehead atoms. The van der Waals surface area contributed by atoms with Crippen molar-refractivity contribution in [3.63, 3.8) is 0 Å². The Labute approximate surface area is 125 Å². The van der Waals surface area contributed by atoms with Gasteiger partial charge in [0.1, 0.15) is 0 Å². The predicted octanol–water partition coefficient (Wildman–Crippen LogP) is 3.98. The summed E-state index contributed by atoms with van der Waals surface area (Å²) in [6, 6.07) is 20.3. The zero-order valence-electron chi connectivity index (χ0n) is 11.9. The number of aliphatic hydroxyl groups is 1. The molecule has 1 N–H and O–H groups in total. The molecule has 0 amide bonds. The van der Waals surface area contributed by atoms with E-state index in [4.69, 9.17) is 4.74 Å². The van der Waals surface area contributed by atoms with Gasteiger partial charge >= 0.3 is 0 Å². The van der Waals surface area contributed by atoms with Crippen molar-refractivity contribution >= 4 is 6.08 Å². The summed E-state index contributed by atoms with van der Waals surface area (Å²) in [5, 5.41) is 10.1. The molecular formula is C19H20O2. The van der Waals surface area contributed by atoms with Crippen molar-refractivity contribution in [2.24, 2.45) is 0 Å². The number of hydrogen-bond acceptors (Lipinski definition) is 2. The Kier molecular flexibility index (Phi) is 4.49. The first kappa shape index (κ1) is 14.1. The molecule has 0 aliphatic carbocycles. The average molecular weight is 280 g/mol. The van der Waals surface area contributed by atoms with Crippen LogP contribution in [-0.2, 0) is 4.74 Å². The van der Waals surface area contributed by atoms with E-state index in [0.717, 1.165) is 11.1 Å². The van der Waals surface area contributed by atoms with Gasteiger partial charge in [0.05, 0.1) is 18.3 Å². The van der Waals surface area contributed by atoms with Gasteiger partial charge in [0.15, 0.2) is 0 Å². The zero-order valence-corrected chi connectivity index (χ0v) is 11.9. The molecule has 2 nitrogen and oxygen atoms in total. The number of hydrogen-bond donors (Lipinski definition) is 1. The van der Waals surface area contributed by atoms with E-state index in [1.807, 2.05) is 42.5 Å². The van der Waals surface area contributed by atoms with Crippen molar-refractivity contribution in [3.05, 3.63) is 77.9 Å². The molecule has 2 aromatic carbocycles. The molecule has 1 aliphatic rings. The molecule has 1 aliphatic heterocycles. The average Bonchev–Trinajstić information content (AvgIpc) is 2.54. The Balaban J connectivity index is 1.70. The molecule has 1 fully saturated rings. The molecule has 0 aromatic heterocycles. The highest BCUT2D eigenvalue weighted by Gasteiger charge is 2.27. The van der Waals surface area contributed by atoms with E-state index in [-0.39, 0.29) is 18.3 Å². The highest BCUT2D eigenvalue weighted by Crippen LogP contribution is 2.32. The van der Waals surface area contributed by atoms with E-state index in [2.05, 4.69) is 30.3 Å². The van der Waals surface area contributed by atoms with E-state index in [0.29, 0.717) is 12.8 Å². The lowest BCUT2D eigenvalue weighted by atomic mass is 9.95. The summed E-state index contributed by atoms with van der Waals surface area (Å²) >= 11 is 0. The monoisotopic (exact) mass is 280 g/mol. The van der Waals surface area contributed by atoms with Gasteiger partial charge in [-0.15, -0.1) is 0 Å². The van der Waals surface area contributed by atoms with Crippen molar-refractivity contribution in [2.45, 2.75) is 31.2 Å². The van der Waals surface area contributed by atoms with E-state index in [1.54, 1.807) is 0 Å². The van der Waals surface area contributed by atoms with Gasteiger partial charge < -0.3 is 9.84 Å². The van der Waals surface area contributed by atoms with Gasteiger partial charge in [-0.3, -0.25) is 0 Å². The summed E-state index contributed by atoms with van der Waals surface area (Å²) in [6.07, 6.45) is 5.05. The van der Waals surface area contributed by atoms with Crippen LogP contribution in [0.5, 0.6) is 0 Å². The van der Waals surface area contributed by atoms with Gasteiger partial charge in [-0.05, 0) is 11.1 Å². The van der Waals surface area contributed by atoms with Crippen molar-refractivity contribution in [1.29, 1.82) is 0 Å². The lowest BCUT2D eigenvalue weighted by Crippen LogP contribution is -2.30. The summed E-state index contributed by atoms with van der Waals surface area (Å²) in [7, 11) is 0. The quantitative estimate of drug-likeness (QED) is 0.921. The fraction of sp³-hybridized carbons (Fsp3) is 0.263. The van der Waals surface area contributed by atoms with E-state index in [1.165, 1.54) is 0 Å². The molecule has 108 valence electrons. The standard InChI is InChI=1S/C19H20O2/c20-17-13-18(12-11-15-7-3-1-4-8-15)21-19(14-17)16-9-5-2-6-10-16/h1-12,17-20H,13-14H2/b12-11+/t17-,18-,19-/m0/s1. The predicted molar refractivity (Wildman–Crippen MR) is 84.8 cm³/mol. The van der Waals surface area contributed by atoms with E-state index < -0.39 is 0 Å². The van der Waals surface area contributed by atoms with Crippen molar-refractivity contribution < 1.29 is 9.84 Å². The highest BCUT2D eigenvalue weighted by atomic mass is 16.5. The molecule has 0 radical (unpaired) electrons. The SMILES string of the molecule is O[C@@H]1C[C@@H](c2ccccc2)O[C@@H](/C=C/c2ccccc2)C1. The topological polar surface area (TPSA) is 29.5 Å². The first-order valence-corrected chi connectivity index (χ1v) is 7.43. The van der Waals surface area contributed by atoms with Gasteiger partial charge in [0.2, 0.25) is 0 Å². The second-order valence-electron chi connectivity index (χ2n) is 5.47. The highest BCUT2D eigenvalue weighted by molar-refractivity contribution is 5.49. The minimum absolute atomic E-state index is 0.0274. The van der Waals surface area contributed by atoms with Crippen LogP contribution in [0, 0.1) is 0 Å². The molecule has 21 heavy (non-hydrogen) atoms. The lowest BCUT2D eigenvalue weighted by molar-refractivity contribution is -0.0774. The maximum absolute atomic E-state index is 10.1. The van der Waals surface area contributed by atoms with E-state index in [9.17, 15) is 5.11 Å². The normalized spacial score (nSPS) is 26.0. The summed E-state index contributed by atoms with van der Waals surface area (Å²) in [6.45, 7) is 0. The van der Waals surface area contributed by atoms with Crippen LogP contribution in [0.15, 0.2) is 66.7 Å². The van der Waals surface area contributed by atoms with Gasteiger partial charge in [-0.1, -0.05) is 72.8 Å². The first-order chi connectivity index (χ1) is 10.3. The zero-order chi connectivity index (χ0) is 14.5. The molecule has 3 atom stereocenters. The molecule has 0 unspecified atom stereocenters. The van der Waals surface area contributed by atoms with Crippen LogP contribution in [0.2, 0.25) is 0 Å². The Hall–Kier alpha value is -1.90. The maximum atomic E-state index is 10.1. The molecule has 0 saturated carbocycles. The lowest BCUT2D eigenvalue weighted by Gasteiger charge is -2.32. The van der Waals surface area contributed by atoms with Gasteiger partial charge in [0.25, 0.3) is 0 Å². The largest absolute Gasteiger partial charge is 0.393 e. The van der Waals surface area contributed by atoms with Crippen LogP contribution in [0.3, 0.4) is 0 Å². The van der Waals surface area contributed by atoms with Crippen LogP contribution < -0.4 is 0 Å².